The van der Waals surface area contributed by atoms with Crippen molar-refractivity contribution >= 4 is 57.7 Å². The molecule has 2 amide bonds. The maximum atomic E-state index is 13.3. The Balaban J connectivity index is 1.55. The summed E-state index contributed by atoms with van der Waals surface area (Å²) in [5.74, 6) is -0.954. The maximum absolute atomic E-state index is 13.3. The number of amides is 2. The van der Waals surface area contributed by atoms with E-state index >= 15 is 0 Å². The number of thiazole rings is 1. The molecule has 0 aliphatic carbocycles. The van der Waals surface area contributed by atoms with Crippen LogP contribution in [0.5, 0.6) is 5.75 Å². The van der Waals surface area contributed by atoms with Crippen LogP contribution in [0, 0.1) is 0 Å². The molecule has 202 valence electrons. The van der Waals surface area contributed by atoms with Gasteiger partial charge in [0.15, 0.2) is 11.6 Å². The number of likely N-dealkylation sites (N-methyl/N-ethyl adjacent to an activating group) is 1. The smallest absolute Gasteiger partial charge is 0.344 e. The van der Waals surface area contributed by atoms with E-state index in [2.05, 4.69) is 20.5 Å². The molecule has 3 heterocycles. The predicted molar refractivity (Wildman–Crippen MR) is 148 cm³/mol. The Morgan fingerprint density at radius 2 is 1.92 bits per heavy atom. The minimum atomic E-state index is -0.660. The second-order valence-electron chi connectivity index (χ2n) is 9.78. The fourth-order valence-corrected chi connectivity index (χ4v) is 5.82. The first-order chi connectivity index (χ1) is 18.0. The first-order valence-corrected chi connectivity index (χ1v) is 14.0. The number of hydrogen-bond donors (Lipinski definition) is 2. The van der Waals surface area contributed by atoms with E-state index in [0.717, 1.165) is 30.1 Å². The molecule has 0 atom stereocenters. The number of esters is 1. The Morgan fingerprint density at radius 3 is 2.63 bits per heavy atom. The second-order valence-corrected chi connectivity index (χ2v) is 12.6. The van der Waals surface area contributed by atoms with Crippen LogP contribution in [-0.2, 0) is 29.0 Å². The van der Waals surface area contributed by atoms with E-state index in [0.29, 0.717) is 25.5 Å². The number of nitrogens with one attached hydrogen (secondary N) is 2. The van der Waals surface area contributed by atoms with Gasteiger partial charge in [0.05, 0.1) is 20.6 Å². The van der Waals surface area contributed by atoms with Crippen LogP contribution >= 0.6 is 34.3 Å². The third kappa shape index (κ3) is 7.31. The largest absolute Gasteiger partial charge is 0.480 e. The molecule has 3 aromatic rings. The molecule has 38 heavy (non-hydrogen) atoms. The van der Waals surface area contributed by atoms with Crippen molar-refractivity contribution in [2.75, 3.05) is 25.5 Å². The average molecular weight is 577 g/mol. The van der Waals surface area contributed by atoms with Crippen LogP contribution in [0.3, 0.4) is 0 Å². The van der Waals surface area contributed by atoms with Gasteiger partial charge >= 0.3 is 5.97 Å². The Morgan fingerprint density at radius 1 is 1.13 bits per heavy atom. The number of benzene rings is 1. The zero-order chi connectivity index (χ0) is 27.4. The van der Waals surface area contributed by atoms with Gasteiger partial charge in [-0.1, -0.05) is 23.7 Å². The van der Waals surface area contributed by atoms with Gasteiger partial charge < -0.3 is 25.0 Å². The number of carbonyl (C=O) groups excluding carboxylic acids is 3. The minimum absolute atomic E-state index is 0.104. The molecule has 0 unspecified atom stereocenters. The SMILES string of the molecule is CN1CCc2nc(C(=O)Nc3c(CNC(=O)c4ccc(Cl)s4)cccc3OCC(=O)OC(C)(C)C)sc2C1. The standard InChI is InChI=1S/C26H29ClN4O5S2/c1-26(2,3)36-21(32)14-35-17-7-5-6-15(12-28-23(33)18-8-9-20(27)37-18)22(17)30-24(34)25-29-16-10-11-31(4)13-19(16)38-25/h5-9H,10-14H2,1-4H3,(H,28,33)(H,30,34). The summed E-state index contributed by atoms with van der Waals surface area (Å²) in [6.07, 6.45) is 0.787. The molecule has 0 saturated heterocycles. The van der Waals surface area contributed by atoms with E-state index in [9.17, 15) is 14.4 Å². The lowest BCUT2D eigenvalue weighted by Crippen LogP contribution is -2.27. The molecule has 0 radical (unpaired) electrons. The van der Waals surface area contributed by atoms with Crippen LogP contribution in [0.15, 0.2) is 30.3 Å². The molecule has 4 rings (SSSR count). The number of carbonyl (C=O) groups is 3. The van der Waals surface area contributed by atoms with Crippen LogP contribution in [-0.4, -0.2) is 53.5 Å². The van der Waals surface area contributed by atoms with Crippen LogP contribution in [0.25, 0.3) is 0 Å². The molecule has 1 aliphatic rings. The molecule has 0 saturated carbocycles. The van der Waals surface area contributed by atoms with E-state index < -0.39 is 17.5 Å². The van der Waals surface area contributed by atoms with Gasteiger partial charge in [-0.2, -0.15) is 0 Å². The van der Waals surface area contributed by atoms with Crippen LogP contribution in [0.1, 0.15) is 56.4 Å². The molecule has 2 N–H and O–H groups in total. The molecule has 0 bridgehead atoms. The van der Waals surface area contributed by atoms with Crippen molar-refractivity contribution in [2.45, 2.75) is 45.9 Å². The maximum Gasteiger partial charge on any atom is 0.344 e. The summed E-state index contributed by atoms with van der Waals surface area (Å²) in [4.78, 5) is 46.4. The number of hydrogen-bond acceptors (Lipinski definition) is 9. The van der Waals surface area contributed by atoms with Crippen LogP contribution in [0.2, 0.25) is 4.34 Å². The number of fused-ring (bicyclic) bond motifs is 1. The lowest BCUT2D eigenvalue weighted by Gasteiger charge is -2.20. The van der Waals surface area contributed by atoms with Gasteiger partial charge in [0.2, 0.25) is 0 Å². The number of nitrogens with zero attached hydrogens (tertiary/aromatic N) is 2. The van der Waals surface area contributed by atoms with E-state index in [1.807, 2.05) is 7.05 Å². The summed E-state index contributed by atoms with van der Waals surface area (Å²) in [6, 6.07) is 8.43. The zero-order valence-corrected chi connectivity index (χ0v) is 23.9. The highest BCUT2D eigenvalue weighted by molar-refractivity contribution is 7.18. The monoisotopic (exact) mass is 576 g/mol. The molecule has 0 spiro atoms. The molecular weight excluding hydrogens is 548 g/mol. The van der Waals surface area contributed by atoms with E-state index in [-0.39, 0.29) is 24.8 Å². The fraction of sp³-hybridized carbons (Fsp3) is 0.385. The molecular formula is C26H29ClN4O5S2. The topological polar surface area (TPSA) is 110 Å². The summed E-state index contributed by atoms with van der Waals surface area (Å²) in [5.41, 5.74) is 1.22. The predicted octanol–water partition coefficient (Wildman–Crippen LogP) is 4.75. The van der Waals surface area contributed by atoms with Gasteiger partial charge in [0.25, 0.3) is 11.8 Å². The summed E-state index contributed by atoms with van der Waals surface area (Å²) in [6.45, 7) is 6.71. The van der Waals surface area contributed by atoms with Crippen molar-refractivity contribution in [1.82, 2.24) is 15.2 Å². The van der Waals surface area contributed by atoms with E-state index in [1.54, 1.807) is 51.1 Å². The highest BCUT2D eigenvalue weighted by Crippen LogP contribution is 2.31. The normalized spacial score (nSPS) is 13.5. The molecule has 2 aromatic heterocycles. The van der Waals surface area contributed by atoms with E-state index in [4.69, 9.17) is 21.1 Å². The number of para-hydroxylation sites is 1. The van der Waals surface area contributed by atoms with Gasteiger partial charge in [-0.25, -0.2) is 9.78 Å². The highest BCUT2D eigenvalue weighted by atomic mass is 35.5. The van der Waals surface area contributed by atoms with Crippen molar-refractivity contribution in [2.24, 2.45) is 0 Å². The first kappa shape index (κ1) is 28.0. The first-order valence-electron chi connectivity index (χ1n) is 12.0. The van der Waals surface area contributed by atoms with Crippen molar-refractivity contribution < 1.29 is 23.9 Å². The molecule has 1 aliphatic heterocycles. The lowest BCUT2D eigenvalue weighted by molar-refractivity contribution is -0.157. The minimum Gasteiger partial charge on any atom is -0.480 e. The third-order valence-electron chi connectivity index (χ3n) is 5.47. The van der Waals surface area contributed by atoms with Gasteiger partial charge in [-0.3, -0.25) is 9.59 Å². The summed E-state index contributed by atoms with van der Waals surface area (Å²) in [5, 5.41) is 6.09. The zero-order valence-electron chi connectivity index (χ0n) is 21.6. The van der Waals surface area contributed by atoms with Gasteiger partial charge in [-0.05, 0) is 51.6 Å². The van der Waals surface area contributed by atoms with Crippen LogP contribution in [0.4, 0.5) is 5.69 Å². The number of halogens is 1. The Bertz CT molecular complexity index is 1350. The van der Waals surface area contributed by atoms with Crippen molar-refractivity contribution in [3.63, 3.8) is 0 Å². The fourth-order valence-electron chi connectivity index (χ4n) is 3.78. The quantitative estimate of drug-likeness (QED) is 0.372. The second kappa shape index (κ2) is 11.8. The Kier molecular flexibility index (Phi) is 8.71. The van der Waals surface area contributed by atoms with Crippen molar-refractivity contribution in [1.29, 1.82) is 0 Å². The summed E-state index contributed by atoms with van der Waals surface area (Å²) >= 11 is 8.49. The molecule has 0 fully saturated rings. The molecule has 9 nitrogen and oxygen atoms in total. The Labute approximate surface area is 234 Å². The summed E-state index contributed by atoms with van der Waals surface area (Å²) < 4.78 is 11.6. The van der Waals surface area contributed by atoms with Crippen molar-refractivity contribution in [3.8, 4) is 5.75 Å². The number of rotatable bonds is 8. The molecule has 1 aromatic carbocycles. The summed E-state index contributed by atoms with van der Waals surface area (Å²) in [7, 11) is 2.03. The van der Waals surface area contributed by atoms with Gasteiger partial charge in [0.1, 0.15) is 11.4 Å². The Hall–Kier alpha value is -2.99. The van der Waals surface area contributed by atoms with Crippen LogP contribution < -0.4 is 15.4 Å². The average Bonchev–Trinajstić information content (AvgIpc) is 3.47. The molecule has 12 heteroatoms. The third-order valence-corrected chi connectivity index (χ3v) is 7.78. The van der Waals surface area contributed by atoms with Crippen molar-refractivity contribution in [3.05, 3.63) is 60.7 Å². The number of thiophene rings is 1. The van der Waals surface area contributed by atoms with E-state index in [1.165, 1.54) is 22.7 Å². The number of anilines is 1. The van der Waals surface area contributed by atoms with Gasteiger partial charge in [-0.15, -0.1) is 22.7 Å². The highest BCUT2D eigenvalue weighted by Gasteiger charge is 2.24. The van der Waals surface area contributed by atoms with Gasteiger partial charge in [0, 0.05) is 30.9 Å². The number of aromatic nitrogens is 1. The number of ether oxygens (including phenoxy) is 2. The lowest BCUT2D eigenvalue weighted by atomic mass is 10.1.